The Kier molecular flexibility index (Phi) is 5.38. The number of piperazine rings is 1. The first-order chi connectivity index (χ1) is 11.1. The van der Waals surface area contributed by atoms with Crippen molar-refractivity contribution in [2.24, 2.45) is 5.92 Å². The van der Waals surface area contributed by atoms with Crippen LogP contribution >= 0.6 is 0 Å². The highest BCUT2D eigenvalue weighted by atomic mass is 16.4. The summed E-state index contributed by atoms with van der Waals surface area (Å²) in [6, 6.07) is 1.33. The molecular weight excluding hydrogens is 292 g/mol. The molecule has 128 valence electrons. The average molecular weight is 320 g/mol. The van der Waals surface area contributed by atoms with Crippen molar-refractivity contribution in [2.75, 3.05) is 32.7 Å². The van der Waals surface area contributed by atoms with Crippen LogP contribution in [0.3, 0.4) is 0 Å². The van der Waals surface area contributed by atoms with Gasteiger partial charge in [-0.15, -0.1) is 0 Å². The second-order valence-corrected chi connectivity index (χ2v) is 7.07. The number of aryl methyl sites for hydroxylation is 1. The first kappa shape index (κ1) is 16.5. The molecule has 2 heterocycles. The van der Waals surface area contributed by atoms with Gasteiger partial charge < -0.3 is 14.4 Å². The zero-order valence-electron chi connectivity index (χ0n) is 14.1. The van der Waals surface area contributed by atoms with Gasteiger partial charge in [0.2, 0.25) is 11.2 Å². The number of hydrogen-bond donors (Lipinski definition) is 1. The van der Waals surface area contributed by atoms with E-state index in [9.17, 15) is 9.90 Å². The maximum absolute atomic E-state index is 11.6. The van der Waals surface area contributed by atoms with Crippen LogP contribution in [-0.2, 0) is 6.54 Å². The lowest BCUT2D eigenvalue weighted by atomic mass is 9.89. The van der Waals surface area contributed by atoms with Gasteiger partial charge in [-0.2, -0.15) is 0 Å². The minimum absolute atomic E-state index is 0.236. The SMILES string of the molecule is Cc1cc(=O)c(O)c(CN2CCN(CC3CCCCC3)CC2)o1. The molecule has 0 unspecified atom stereocenters. The standard InChI is InChI=1S/C18H28N2O3/c1-14-11-16(21)18(22)17(23-14)13-20-9-7-19(8-10-20)12-15-5-3-2-4-6-15/h11,15,22H,2-10,12-13H2,1H3. The summed E-state index contributed by atoms with van der Waals surface area (Å²) in [4.78, 5) is 16.5. The summed E-state index contributed by atoms with van der Waals surface area (Å²) in [5.41, 5.74) is -0.348. The van der Waals surface area contributed by atoms with E-state index in [2.05, 4.69) is 9.80 Å². The number of aromatic hydroxyl groups is 1. The van der Waals surface area contributed by atoms with Gasteiger partial charge in [-0.05, 0) is 25.7 Å². The summed E-state index contributed by atoms with van der Waals surface area (Å²) in [6.07, 6.45) is 6.99. The van der Waals surface area contributed by atoms with Gasteiger partial charge in [0.15, 0.2) is 5.76 Å². The van der Waals surface area contributed by atoms with Crippen molar-refractivity contribution in [1.29, 1.82) is 0 Å². The molecule has 0 bridgehead atoms. The quantitative estimate of drug-likeness (QED) is 0.923. The van der Waals surface area contributed by atoms with Crippen LogP contribution in [0, 0.1) is 12.8 Å². The van der Waals surface area contributed by atoms with E-state index in [1.165, 1.54) is 44.7 Å². The van der Waals surface area contributed by atoms with E-state index < -0.39 is 0 Å². The lowest BCUT2D eigenvalue weighted by Crippen LogP contribution is -2.47. The predicted octanol–water partition coefficient (Wildman–Crippen LogP) is 2.35. The maximum atomic E-state index is 11.6. The fraction of sp³-hybridized carbons (Fsp3) is 0.722. The van der Waals surface area contributed by atoms with Crippen LogP contribution < -0.4 is 5.43 Å². The van der Waals surface area contributed by atoms with E-state index in [1.807, 2.05) is 0 Å². The largest absolute Gasteiger partial charge is 0.502 e. The zero-order chi connectivity index (χ0) is 16.2. The maximum Gasteiger partial charge on any atom is 0.227 e. The van der Waals surface area contributed by atoms with Crippen molar-refractivity contribution in [1.82, 2.24) is 9.80 Å². The molecule has 0 radical (unpaired) electrons. The Hall–Kier alpha value is -1.33. The van der Waals surface area contributed by atoms with Crippen molar-refractivity contribution < 1.29 is 9.52 Å². The summed E-state index contributed by atoms with van der Waals surface area (Å²) in [5, 5.41) is 9.88. The molecule has 2 fully saturated rings. The molecule has 3 rings (SSSR count). The van der Waals surface area contributed by atoms with Gasteiger partial charge in [0, 0.05) is 38.8 Å². The average Bonchev–Trinajstić information content (AvgIpc) is 2.55. The van der Waals surface area contributed by atoms with Crippen molar-refractivity contribution in [3.8, 4) is 5.75 Å². The third-order valence-corrected chi connectivity index (χ3v) is 5.19. The molecule has 5 nitrogen and oxygen atoms in total. The summed E-state index contributed by atoms with van der Waals surface area (Å²) >= 11 is 0. The zero-order valence-corrected chi connectivity index (χ0v) is 14.1. The highest BCUT2D eigenvalue weighted by molar-refractivity contribution is 5.24. The van der Waals surface area contributed by atoms with Crippen LogP contribution in [0.15, 0.2) is 15.3 Å². The Bertz CT molecular complexity index is 570. The van der Waals surface area contributed by atoms with Gasteiger partial charge in [0.05, 0.1) is 6.54 Å². The van der Waals surface area contributed by atoms with Gasteiger partial charge in [0.25, 0.3) is 0 Å². The Morgan fingerprint density at radius 3 is 2.48 bits per heavy atom. The molecule has 1 aromatic heterocycles. The van der Waals surface area contributed by atoms with E-state index in [1.54, 1.807) is 6.92 Å². The van der Waals surface area contributed by atoms with Crippen LogP contribution in [0.4, 0.5) is 0 Å². The molecule has 0 spiro atoms. The monoisotopic (exact) mass is 320 g/mol. The van der Waals surface area contributed by atoms with Gasteiger partial charge in [-0.25, -0.2) is 0 Å². The van der Waals surface area contributed by atoms with Gasteiger partial charge in [-0.1, -0.05) is 19.3 Å². The smallest absolute Gasteiger partial charge is 0.227 e. The topological polar surface area (TPSA) is 56.9 Å². The van der Waals surface area contributed by atoms with Crippen LogP contribution in [0.5, 0.6) is 5.75 Å². The Morgan fingerprint density at radius 1 is 1.13 bits per heavy atom. The number of rotatable bonds is 4. The molecule has 1 aliphatic heterocycles. The molecule has 0 amide bonds. The molecular formula is C18H28N2O3. The van der Waals surface area contributed by atoms with Crippen LogP contribution in [0.2, 0.25) is 0 Å². The van der Waals surface area contributed by atoms with Gasteiger partial charge >= 0.3 is 0 Å². The van der Waals surface area contributed by atoms with Crippen LogP contribution in [0.1, 0.15) is 43.6 Å². The molecule has 0 aromatic carbocycles. The molecule has 1 saturated heterocycles. The van der Waals surface area contributed by atoms with Crippen molar-refractivity contribution >= 4 is 0 Å². The lowest BCUT2D eigenvalue weighted by molar-refractivity contribution is 0.0989. The molecule has 0 atom stereocenters. The second-order valence-electron chi connectivity index (χ2n) is 7.07. The van der Waals surface area contributed by atoms with E-state index in [4.69, 9.17) is 4.42 Å². The minimum Gasteiger partial charge on any atom is -0.502 e. The molecule has 1 aromatic rings. The van der Waals surface area contributed by atoms with Crippen molar-refractivity contribution in [3.05, 3.63) is 27.8 Å². The van der Waals surface area contributed by atoms with Crippen LogP contribution in [-0.4, -0.2) is 47.6 Å². The molecule has 1 saturated carbocycles. The fourth-order valence-corrected chi connectivity index (χ4v) is 3.84. The molecule has 5 heteroatoms. The molecule has 2 aliphatic rings. The molecule has 1 N–H and O–H groups in total. The van der Waals surface area contributed by atoms with Crippen molar-refractivity contribution in [2.45, 2.75) is 45.6 Å². The first-order valence-corrected chi connectivity index (χ1v) is 8.89. The third kappa shape index (κ3) is 4.36. The summed E-state index contributed by atoms with van der Waals surface area (Å²) in [5.74, 6) is 1.60. The summed E-state index contributed by atoms with van der Waals surface area (Å²) in [7, 11) is 0. The van der Waals surface area contributed by atoms with Crippen LogP contribution in [0.25, 0.3) is 0 Å². The van der Waals surface area contributed by atoms with E-state index in [0.717, 1.165) is 32.1 Å². The third-order valence-electron chi connectivity index (χ3n) is 5.19. The van der Waals surface area contributed by atoms with Gasteiger partial charge in [-0.3, -0.25) is 9.69 Å². The summed E-state index contributed by atoms with van der Waals surface area (Å²) < 4.78 is 5.53. The highest BCUT2D eigenvalue weighted by Gasteiger charge is 2.23. The van der Waals surface area contributed by atoms with E-state index in [-0.39, 0.29) is 11.2 Å². The highest BCUT2D eigenvalue weighted by Crippen LogP contribution is 2.25. The number of nitrogens with zero attached hydrogens (tertiary/aromatic N) is 2. The Morgan fingerprint density at radius 2 is 1.78 bits per heavy atom. The summed E-state index contributed by atoms with van der Waals surface area (Å²) in [6.45, 7) is 7.54. The Labute approximate surface area is 137 Å². The van der Waals surface area contributed by atoms with E-state index in [0.29, 0.717) is 18.1 Å². The minimum atomic E-state index is -0.348. The molecule has 23 heavy (non-hydrogen) atoms. The lowest BCUT2D eigenvalue weighted by Gasteiger charge is -2.37. The normalized spacial score (nSPS) is 21.6. The first-order valence-electron chi connectivity index (χ1n) is 8.89. The Balaban J connectivity index is 1.50. The fourth-order valence-electron chi connectivity index (χ4n) is 3.84. The number of hydrogen-bond acceptors (Lipinski definition) is 5. The van der Waals surface area contributed by atoms with E-state index >= 15 is 0 Å². The predicted molar refractivity (Wildman–Crippen MR) is 89.7 cm³/mol. The molecule has 1 aliphatic carbocycles. The van der Waals surface area contributed by atoms with Gasteiger partial charge in [0.1, 0.15) is 5.76 Å². The second kappa shape index (κ2) is 7.49. The van der Waals surface area contributed by atoms with Crippen molar-refractivity contribution in [3.63, 3.8) is 0 Å².